The molecule has 1 saturated heterocycles. The van der Waals surface area contributed by atoms with Crippen molar-refractivity contribution in [1.82, 2.24) is 19.4 Å². The SMILES string of the molecule is C=CC(=O)N1CCN(C(=O)c2cc(Sc3cnc(NC(=O)c4ccn(C)c4)s3)c(C)cc2C)C[C@H]1CC. The highest BCUT2D eigenvalue weighted by Gasteiger charge is 2.31. The van der Waals surface area contributed by atoms with Crippen LogP contribution in [0.5, 0.6) is 0 Å². The van der Waals surface area contributed by atoms with Gasteiger partial charge in [0.2, 0.25) is 5.91 Å². The molecule has 194 valence electrons. The van der Waals surface area contributed by atoms with Gasteiger partial charge in [0.1, 0.15) is 0 Å². The normalized spacial score (nSPS) is 15.5. The standard InChI is InChI=1S/C27H31N5O3S2/c1-6-20-16-31(10-11-32(20)23(33)7-2)26(35)21-13-22(18(4)12-17(21)3)36-24-14-28-27(37-24)29-25(34)19-8-9-30(5)15-19/h7-9,12-15,20H,2,6,10-11,16H2,1,3-5H3,(H,28,29,34)/t20-/m1/s1. The summed E-state index contributed by atoms with van der Waals surface area (Å²) in [6.07, 6.45) is 7.42. The first kappa shape index (κ1) is 26.7. The van der Waals surface area contributed by atoms with Gasteiger partial charge in [0, 0.05) is 55.6 Å². The molecule has 3 amide bonds. The second kappa shape index (κ2) is 11.4. The highest BCUT2D eigenvalue weighted by Crippen LogP contribution is 2.37. The number of hydrogen-bond acceptors (Lipinski definition) is 6. The van der Waals surface area contributed by atoms with Gasteiger partial charge in [-0.15, -0.1) is 0 Å². The number of hydrogen-bond donors (Lipinski definition) is 1. The molecule has 0 spiro atoms. The highest BCUT2D eigenvalue weighted by molar-refractivity contribution is 8.01. The lowest BCUT2D eigenvalue weighted by Gasteiger charge is -2.41. The molecule has 1 aromatic carbocycles. The number of nitrogens with zero attached hydrogens (tertiary/aromatic N) is 4. The lowest BCUT2D eigenvalue weighted by atomic mass is 10.0. The first-order valence-electron chi connectivity index (χ1n) is 12.1. The summed E-state index contributed by atoms with van der Waals surface area (Å²) in [5.41, 5.74) is 3.22. The Bertz CT molecular complexity index is 1350. The minimum absolute atomic E-state index is 0.0236. The Morgan fingerprint density at radius 3 is 2.70 bits per heavy atom. The smallest absolute Gasteiger partial charge is 0.258 e. The Morgan fingerprint density at radius 2 is 2.03 bits per heavy atom. The van der Waals surface area contributed by atoms with E-state index < -0.39 is 0 Å². The van der Waals surface area contributed by atoms with Crippen LogP contribution in [0.3, 0.4) is 0 Å². The molecular weight excluding hydrogens is 506 g/mol. The van der Waals surface area contributed by atoms with Crippen molar-refractivity contribution >= 4 is 46.0 Å². The van der Waals surface area contributed by atoms with E-state index in [9.17, 15) is 14.4 Å². The maximum Gasteiger partial charge on any atom is 0.258 e. The number of aromatic nitrogens is 2. The van der Waals surface area contributed by atoms with Crippen LogP contribution >= 0.6 is 23.1 Å². The number of aryl methyl sites for hydroxylation is 3. The van der Waals surface area contributed by atoms with Crippen molar-refractivity contribution in [2.45, 2.75) is 42.3 Å². The number of nitrogens with one attached hydrogen (secondary N) is 1. The molecule has 0 saturated carbocycles. The van der Waals surface area contributed by atoms with Crippen molar-refractivity contribution in [1.29, 1.82) is 0 Å². The van der Waals surface area contributed by atoms with Gasteiger partial charge in [-0.05, 0) is 49.6 Å². The fourth-order valence-corrected chi connectivity index (χ4v) is 6.36. The van der Waals surface area contributed by atoms with Gasteiger partial charge < -0.3 is 14.4 Å². The van der Waals surface area contributed by atoms with E-state index in [4.69, 9.17) is 0 Å². The summed E-state index contributed by atoms with van der Waals surface area (Å²) in [6, 6.07) is 5.71. The van der Waals surface area contributed by atoms with Crippen LogP contribution in [-0.4, -0.2) is 62.7 Å². The van der Waals surface area contributed by atoms with Crippen LogP contribution in [0.4, 0.5) is 5.13 Å². The zero-order chi connectivity index (χ0) is 26.7. The Hall–Kier alpha value is -3.37. The highest BCUT2D eigenvalue weighted by atomic mass is 32.2. The number of rotatable bonds is 7. The van der Waals surface area contributed by atoms with Gasteiger partial charge in [-0.1, -0.05) is 42.7 Å². The molecule has 4 rings (SSSR count). The third-order valence-electron chi connectivity index (χ3n) is 6.46. The minimum Gasteiger partial charge on any atom is -0.356 e. The van der Waals surface area contributed by atoms with E-state index >= 15 is 0 Å². The van der Waals surface area contributed by atoms with Crippen molar-refractivity contribution in [2.24, 2.45) is 7.05 Å². The molecule has 0 bridgehead atoms. The van der Waals surface area contributed by atoms with Crippen LogP contribution in [0.15, 0.2) is 58.5 Å². The van der Waals surface area contributed by atoms with E-state index in [0.29, 0.717) is 35.9 Å². The third-order valence-corrected chi connectivity index (χ3v) is 8.63. The van der Waals surface area contributed by atoms with Gasteiger partial charge in [-0.25, -0.2) is 4.98 Å². The molecule has 2 aromatic heterocycles. The summed E-state index contributed by atoms with van der Waals surface area (Å²) < 4.78 is 2.73. The zero-order valence-corrected chi connectivity index (χ0v) is 23.1. The summed E-state index contributed by atoms with van der Waals surface area (Å²) in [6.45, 7) is 11.1. The topological polar surface area (TPSA) is 87.5 Å². The van der Waals surface area contributed by atoms with Crippen LogP contribution in [0.25, 0.3) is 0 Å². The molecule has 1 atom stereocenters. The van der Waals surface area contributed by atoms with Crippen LogP contribution in [0.2, 0.25) is 0 Å². The molecule has 0 unspecified atom stereocenters. The second-order valence-corrected chi connectivity index (χ2v) is 11.5. The second-order valence-electron chi connectivity index (χ2n) is 9.09. The number of anilines is 1. The summed E-state index contributed by atoms with van der Waals surface area (Å²) in [4.78, 5) is 47.1. The van der Waals surface area contributed by atoms with Crippen molar-refractivity contribution in [3.05, 3.63) is 71.7 Å². The predicted molar refractivity (Wildman–Crippen MR) is 147 cm³/mol. The van der Waals surface area contributed by atoms with Gasteiger partial charge in [-0.3, -0.25) is 19.7 Å². The fraction of sp³-hybridized carbons (Fsp3) is 0.333. The molecule has 0 aliphatic carbocycles. The van der Waals surface area contributed by atoms with Gasteiger partial charge >= 0.3 is 0 Å². The molecule has 1 N–H and O–H groups in total. The van der Waals surface area contributed by atoms with E-state index in [1.54, 1.807) is 23.4 Å². The minimum atomic E-state index is -0.203. The summed E-state index contributed by atoms with van der Waals surface area (Å²) in [5.74, 6) is -0.317. The Morgan fingerprint density at radius 1 is 1.24 bits per heavy atom. The fourth-order valence-electron chi connectivity index (χ4n) is 4.42. The summed E-state index contributed by atoms with van der Waals surface area (Å²) >= 11 is 2.92. The number of thiazole rings is 1. The van der Waals surface area contributed by atoms with E-state index in [0.717, 1.165) is 26.7 Å². The van der Waals surface area contributed by atoms with Crippen molar-refractivity contribution in [2.75, 3.05) is 25.0 Å². The third kappa shape index (κ3) is 5.97. The maximum absolute atomic E-state index is 13.5. The van der Waals surface area contributed by atoms with Crippen LogP contribution in [0, 0.1) is 13.8 Å². The first-order chi connectivity index (χ1) is 17.7. The quantitative estimate of drug-likeness (QED) is 0.440. The molecular formula is C27H31N5O3S2. The molecule has 37 heavy (non-hydrogen) atoms. The maximum atomic E-state index is 13.5. The van der Waals surface area contributed by atoms with E-state index in [2.05, 4.69) is 16.9 Å². The van der Waals surface area contributed by atoms with Gasteiger partial charge in [0.15, 0.2) is 5.13 Å². The van der Waals surface area contributed by atoms with Crippen molar-refractivity contribution < 1.29 is 14.4 Å². The molecule has 1 aliphatic rings. The number of amides is 3. The molecule has 3 heterocycles. The number of benzene rings is 1. The molecule has 1 aliphatic heterocycles. The van der Waals surface area contributed by atoms with Crippen LogP contribution in [0.1, 0.15) is 45.2 Å². The number of carbonyl (C=O) groups is 3. The molecule has 3 aromatic rings. The predicted octanol–water partition coefficient (Wildman–Crippen LogP) is 4.75. The summed E-state index contributed by atoms with van der Waals surface area (Å²) in [5, 5.41) is 3.37. The average molecular weight is 538 g/mol. The van der Waals surface area contributed by atoms with Gasteiger partial charge in [0.05, 0.1) is 16.0 Å². The lowest BCUT2D eigenvalue weighted by molar-refractivity contribution is -0.130. The Labute approximate surface area is 225 Å². The molecule has 8 nitrogen and oxygen atoms in total. The largest absolute Gasteiger partial charge is 0.356 e. The monoisotopic (exact) mass is 537 g/mol. The summed E-state index contributed by atoms with van der Waals surface area (Å²) in [7, 11) is 1.86. The first-order valence-corrected chi connectivity index (χ1v) is 13.7. The van der Waals surface area contributed by atoms with E-state index in [1.807, 2.05) is 55.6 Å². The average Bonchev–Trinajstić information content (AvgIpc) is 3.52. The lowest BCUT2D eigenvalue weighted by Crippen LogP contribution is -2.56. The zero-order valence-electron chi connectivity index (χ0n) is 21.5. The molecule has 10 heteroatoms. The van der Waals surface area contributed by atoms with Crippen LogP contribution in [-0.2, 0) is 11.8 Å². The van der Waals surface area contributed by atoms with Crippen LogP contribution < -0.4 is 5.32 Å². The Balaban J connectivity index is 1.48. The number of piperazine rings is 1. The van der Waals surface area contributed by atoms with Gasteiger partial charge in [-0.2, -0.15) is 0 Å². The molecule has 0 radical (unpaired) electrons. The van der Waals surface area contributed by atoms with E-state index in [1.165, 1.54) is 29.2 Å². The van der Waals surface area contributed by atoms with Crippen molar-refractivity contribution in [3.8, 4) is 0 Å². The molecule has 1 fully saturated rings. The number of carbonyl (C=O) groups excluding carboxylic acids is 3. The Kier molecular flexibility index (Phi) is 8.19. The van der Waals surface area contributed by atoms with E-state index in [-0.39, 0.29) is 23.8 Å². The van der Waals surface area contributed by atoms with Crippen molar-refractivity contribution in [3.63, 3.8) is 0 Å². The van der Waals surface area contributed by atoms with Gasteiger partial charge in [0.25, 0.3) is 11.8 Å².